The number of benzene rings is 2. The van der Waals surface area contributed by atoms with Gasteiger partial charge < -0.3 is 9.47 Å². The zero-order valence-electron chi connectivity index (χ0n) is 15.5. The molecule has 0 aromatic heterocycles. The van der Waals surface area contributed by atoms with Crippen LogP contribution in [0.15, 0.2) is 54.3 Å². The Morgan fingerprint density at radius 2 is 1.80 bits per heavy atom. The van der Waals surface area contributed by atoms with Gasteiger partial charge in [0, 0.05) is 0 Å². The molecule has 0 bridgehead atoms. The van der Waals surface area contributed by atoms with Gasteiger partial charge in [0.25, 0.3) is 0 Å². The highest BCUT2D eigenvalue weighted by Crippen LogP contribution is 2.18. The summed E-state index contributed by atoms with van der Waals surface area (Å²) in [6.45, 7) is 7.99. The molecule has 0 atom stereocenters. The first-order valence-corrected chi connectivity index (χ1v) is 8.61. The van der Waals surface area contributed by atoms with Crippen molar-refractivity contribution in [3.8, 4) is 5.75 Å². The summed E-state index contributed by atoms with van der Waals surface area (Å²) in [7, 11) is 0. The van der Waals surface area contributed by atoms with Crippen LogP contribution in [0.25, 0.3) is 0 Å². The van der Waals surface area contributed by atoms with E-state index in [0.29, 0.717) is 5.75 Å². The Kier molecular flexibility index (Phi) is 6.81. The van der Waals surface area contributed by atoms with Gasteiger partial charge in [0.2, 0.25) is 0 Å². The molecule has 0 amide bonds. The lowest BCUT2D eigenvalue weighted by Gasteiger charge is -2.09. The minimum atomic E-state index is -0.400. The second kappa shape index (κ2) is 9.07. The van der Waals surface area contributed by atoms with E-state index in [4.69, 9.17) is 9.47 Å². The van der Waals surface area contributed by atoms with Gasteiger partial charge in [-0.05, 0) is 61.9 Å². The number of hydrogen-bond acceptors (Lipinski definition) is 3. The monoisotopic (exact) mass is 338 g/mol. The number of aryl methyl sites for hydroxylation is 3. The lowest BCUT2D eigenvalue weighted by molar-refractivity contribution is -0.140. The molecule has 0 saturated heterocycles. The first-order chi connectivity index (χ1) is 12.0. The van der Waals surface area contributed by atoms with Crippen molar-refractivity contribution in [1.29, 1.82) is 0 Å². The van der Waals surface area contributed by atoms with Crippen LogP contribution in [0.5, 0.6) is 5.75 Å². The maximum atomic E-state index is 11.9. The van der Waals surface area contributed by atoms with E-state index in [0.717, 1.165) is 24.0 Å². The molecule has 0 radical (unpaired) electrons. The molecular formula is C22H26O3. The van der Waals surface area contributed by atoms with E-state index in [1.165, 1.54) is 23.0 Å². The Hall–Kier alpha value is -2.55. The quantitative estimate of drug-likeness (QED) is 0.530. The molecular weight excluding hydrogens is 312 g/mol. The Morgan fingerprint density at radius 3 is 2.48 bits per heavy atom. The maximum absolute atomic E-state index is 11.9. The van der Waals surface area contributed by atoms with Gasteiger partial charge in [-0.2, -0.15) is 0 Å². The van der Waals surface area contributed by atoms with Crippen LogP contribution in [-0.2, 0) is 22.4 Å². The van der Waals surface area contributed by atoms with Crippen molar-refractivity contribution in [3.05, 3.63) is 76.6 Å². The van der Waals surface area contributed by atoms with E-state index in [-0.39, 0.29) is 6.61 Å². The number of carbonyl (C=O) groups excluding carboxylic acids is 1. The minimum Gasteiger partial charge on any atom is -0.482 e. The summed E-state index contributed by atoms with van der Waals surface area (Å²) in [6.07, 6.45) is 3.29. The fraction of sp³-hybridized carbons (Fsp3) is 0.318. The molecule has 0 spiro atoms. The van der Waals surface area contributed by atoms with Crippen molar-refractivity contribution in [1.82, 2.24) is 0 Å². The average Bonchev–Trinajstić information content (AvgIpc) is 2.59. The topological polar surface area (TPSA) is 35.5 Å². The smallest absolute Gasteiger partial charge is 0.348 e. The van der Waals surface area contributed by atoms with E-state index in [2.05, 4.69) is 19.1 Å². The SMILES string of the molecule is CCc1ccccc1C/C(C)=C/OC(=O)COc1ccc(C)cc1C. The molecule has 3 heteroatoms. The zero-order chi connectivity index (χ0) is 18.2. The van der Waals surface area contributed by atoms with Crippen molar-refractivity contribution in [3.63, 3.8) is 0 Å². The molecule has 132 valence electrons. The van der Waals surface area contributed by atoms with Gasteiger partial charge in [0.1, 0.15) is 5.75 Å². The fourth-order valence-electron chi connectivity index (χ4n) is 2.72. The molecule has 0 aliphatic heterocycles. The molecule has 2 aromatic rings. The van der Waals surface area contributed by atoms with Gasteiger partial charge in [-0.3, -0.25) is 0 Å². The largest absolute Gasteiger partial charge is 0.482 e. The summed E-state index contributed by atoms with van der Waals surface area (Å²) in [4.78, 5) is 11.9. The van der Waals surface area contributed by atoms with Crippen LogP contribution in [0.2, 0.25) is 0 Å². The van der Waals surface area contributed by atoms with Crippen LogP contribution < -0.4 is 4.74 Å². The number of rotatable bonds is 7. The van der Waals surface area contributed by atoms with Crippen LogP contribution in [0, 0.1) is 13.8 Å². The van der Waals surface area contributed by atoms with E-state index in [9.17, 15) is 4.79 Å². The standard InChI is InChI=1S/C22H26O3/c1-5-19-8-6-7-9-20(19)13-17(3)14-25-22(23)15-24-21-11-10-16(2)12-18(21)4/h6-12,14H,5,13,15H2,1-4H3/b17-14+. The molecule has 3 nitrogen and oxygen atoms in total. The molecule has 0 aliphatic rings. The summed E-state index contributed by atoms with van der Waals surface area (Å²) in [5.74, 6) is 0.309. The molecule has 0 fully saturated rings. The highest BCUT2D eigenvalue weighted by atomic mass is 16.6. The average molecular weight is 338 g/mol. The second-order valence-corrected chi connectivity index (χ2v) is 6.31. The molecule has 0 aliphatic carbocycles. The lowest BCUT2D eigenvalue weighted by Crippen LogP contribution is -2.13. The first kappa shape index (κ1) is 18.8. The van der Waals surface area contributed by atoms with Crippen LogP contribution in [0.3, 0.4) is 0 Å². The molecule has 0 heterocycles. The van der Waals surface area contributed by atoms with Crippen molar-refractivity contribution in [2.75, 3.05) is 6.61 Å². The van der Waals surface area contributed by atoms with Crippen LogP contribution >= 0.6 is 0 Å². The minimum absolute atomic E-state index is 0.0980. The first-order valence-electron chi connectivity index (χ1n) is 8.61. The summed E-state index contributed by atoms with van der Waals surface area (Å²) < 4.78 is 10.7. The van der Waals surface area contributed by atoms with E-state index in [1.54, 1.807) is 0 Å². The third kappa shape index (κ3) is 5.79. The van der Waals surface area contributed by atoms with Gasteiger partial charge in [-0.25, -0.2) is 4.79 Å². The highest BCUT2D eigenvalue weighted by molar-refractivity contribution is 5.71. The van der Waals surface area contributed by atoms with Crippen molar-refractivity contribution < 1.29 is 14.3 Å². The number of ether oxygens (including phenoxy) is 2. The summed E-state index contributed by atoms with van der Waals surface area (Å²) in [6, 6.07) is 14.2. The third-order valence-corrected chi connectivity index (χ3v) is 4.04. The van der Waals surface area contributed by atoms with Gasteiger partial charge in [-0.1, -0.05) is 48.9 Å². The highest BCUT2D eigenvalue weighted by Gasteiger charge is 2.06. The molecule has 2 aromatic carbocycles. The predicted octanol–water partition coefficient (Wildman–Crippen LogP) is 4.93. The molecule has 0 unspecified atom stereocenters. The lowest BCUT2D eigenvalue weighted by atomic mass is 10.00. The second-order valence-electron chi connectivity index (χ2n) is 6.31. The third-order valence-electron chi connectivity index (χ3n) is 4.04. The van der Waals surface area contributed by atoms with Crippen molar-refractivity contribution in [2.45, 2.75) is 40.5 Å². The zero-order valence-corrected chi connectivity index (χ0v) is 15.5. The van der Waals surface area contributed by atoms with E-state index in [1.807, 2.05) is 51.1 Å². The normalized spacial score (nSPS) is 11.3. The number of carbonyl (C=O) groups is 1. The van der Waals surface area contributed by atoms with Gasteiger partial charge in [0.05, 0.1) is 6.26 Å². The van der Waals surface area contributed by atoms with Crippen molar-refractivity contribution >= 4 is 5.97 Å². The number of hydrogen-bond donors (Lipinski definition) is 0. The fourth-order valence-corrected chi connectivity index (χ4v) is 2.72. The molecule has 0 N–H and O–H groups in total. The van der Waals surface area contributed by atoms with E-state index < -0.39 is 5.97 Å². The number of allylic oxidation sites excluding steroid dienone is 1. The Bertz CT molecular complexity index is 760. The number of esters is 1. The molecule has 25 heavy (non-hydrogen) atoms. The molecule has 2 rings (SSSR count). The van der Waals surface area contributed by atoms with Gasteiger partial charge in [-0.15, -0.1) is 0 Å². The predicted molar refractivity (Wildman–Crippen MR) is 101 cm³/mol. The van der Waals surface area contributed by atoms with Crippen LogP contribution in [0.4, 0.5) is 0 Å². The summed E-state index contributed by atoms with van der Waals surface area (Å²) in [5, 5.41) is 0. The summed E-state index contributed by atoms with van der Waals surface area (Å²) in [5.41, 5.74) is 5.76. The van der Waals surface area contributed by atoms with Crippen molar-refractivity contribution in [2.24, 2.45) is 0 Å². The van der Waals surface area contributed by atoms with Gasteiger partial charge in [0.15, 0.2) is 6.61 Å². The Labute approximate surface area is 150 Å². The van der Waals surface area contributed by atoms with Gasteiger partial charge >= 0.3 is 5.97 Å². The van der Waals surface area contributed by atoms with Crippen LogP contribution in [-0.4, -0.2) is 12.6 Å². The van der Waals surface area contributed by atoms with E-state index >= 15 is 0 Å². The Balaban J connectivity index is 1.86. The Morgan fingerprint density at radius 1 is 1.08 bits per heavy atom. The summed E-state index contributed by atoms with van der Waals surface area (Å²) >= 11 is 0. The maximum Gasteiger partial charge on any atom is 0.348 e. The van der Waals surface area contributed by atoms with Crippen LogP contribution in [0.1, 0.15) is 36.1 Å². The molecule has 0 saturated carbocycles.